The summed E-state index contributed by atoms with van der Waals surface area (Å²) in [6.07, 6.45) is 0. The normalized spacial score (nSPS) is 15.2. The Bertz CT molecular complexity index is 1410. The molecule has 2 heterocycles. The number of hydrogen-bond acceptors (Lipinski definition) is 5. The van der Waals surface area contributed by atoms with Gasteiger partial charge in [0.2, 0.25) is 10.0 Å². The van der Waals surface area contributed by atoms with E-state index in [1.54, 1.807) is 10.4 Å². The number of aromatic nitrogens is 2. The summed E-state index contributed by atoms with van der Waals surface area (Å²) in [5.41, 5.74) is 3.57. The number of nitrogens with zero attached hydrogens (tertiary/aromatic N) is 4. The Morgan fingerprint density at radius 3 is 2.24 bits per heavy atom. The van der Waals surface area contributed by atoms with E-state index in [-0.39, 0.29) is 0 Å². The summed E-state index contributed by atoms with van der Waals surface area (Å²) in [5, 5.41) is 11.2. The molecule has 1 aliphatic heterocycles. The molecule has 0 radical (unpaired) electrons. The molecule has 0 unspecified atom stereocenters. The Labute approximate surface area is 194 Å². The molecule has 5 rings (SSSR count). The zero-order valence-electron chi connectivity index (χ0n) is 18.8. The fourth-order valence-corrected chi connectivity index (χ4v) is 6.01. The Kier molecular flexibility index (Phi) is 5.60. The summed E-state index contributed by atoms with van der Waals surface area (Å²) in [4.78, 5) is 2.49. The molecule has 4 aromatic rings. The van der Waals surface area contributed by atoms with Crippen molar-refractivity contribution in [3.05, 3.63) is 83.9 Å². The van der Waals surface area contributed by atoms with Crippen LogP contribution in [-0.4, -0.2) is 49.1 Å². The molecule has 0 spiro atoms. The molecule has 1 aromatic heterocycles. The first-order chi connectivity index (χ1) is 15.9. The lowest BCUT2D eigenvalue weighted by molar-refractivity contribution is 0.383. The lowest BCUT2D eigenvalue weighted by Gasteiger charge is -2.34. The predicted molar refractivity (Wildman–Crippen MR) is 132 cm³/mol. The van der Waals surface area contributed by atoms with Crippen LogP contribution in [0.5, 0.6) is 0 Å². The Morgan fingerprint density at radius 1 is 0.758 bits per heavy atom. The van der Waals surface area contributed by atoms with Gasteiger partial charge in [-0.25, -0.2) is 8.42 Å². The van der Waals surface area contributed by atoms with Crippen LogP contribution in [0.15, 0.2) is 77.7 Å². The molecule has 0 saturated carbocycles. The first-order valence-corrected chi connectivity index (χ1v) is 12.5. The average molecular weight is 459 g/mol. The van der Waals surface area contributed by atoms with Crippen LogP contribution in [0.25, 0.3) is 22.0 Å². The predicted octanol–water partition coefficient (Wildman–Crippen LogP) is 4.42. The van der Waals surface area contributed by atoms with Gasteiger partial charge in [-0.2, -0.15) is 4.31 Å². The number of anilines is 1. The SMILES string of the molecule is Cc1ccc(C)c(S(=O)(=O)N2CCN(c3ccc(-c4ccc5ccccc5c4)nn3)CC2)c1. The topological polar surface area (TPSA) is 66.4 Å². The van der Waals surface area contributed by atoms with Crippen molar-refractivity contribution in [2.24, 2.45) is 0 Å². The van der Waals surface area contributed by atoms with E-state index >= 15 is 0 Å². The first-order valence-electron chi connectivity index (χ1n) is 11.1. The quantitative estimate of drug-likeness (QED) is 0.453. The van der Waals surface area contributed by atoms with Gasteiger partial charge in [-0.3, -0.25) is 0 Å². The molecule has 1 saturated heterocycles. The van der Waals surface area contributed by atoms with Crippen molar-refractivity contribution in [2.45, 2.75) is 18.7 Å². The van der Waals surface area contributed by atoms with E-state index < -0.39 is 10.0 Å². The third-order valence-electron chi connectivity index (χ3n) is 6.22. The molecule has 7 heteroatoms. The van der Waals surface area contributed by atoms with Crippen molar-refractivity contribution in [1.29, 1.82) is 0 Å². The van der Waals surface area contributed by atoms with Gasteiger partial charge in [0.25, 0.3) is 0 Å². The maximum atomic E-state index is 13.2. The smallest absolute Gasteiger partial charge is 0.243 e. The zero-order valence-corrected chi connectivity index (χ0v) is 19.6. The van der Waals surface area contributed by atoms with Crippen LogP contribution in [0.4, 0.5) is 5.82 Å². The summed E-state index contributed by atoms with van der Waals surface area (Å²) in [5.74, 6) is 0.767. The molecule has 0 amide bonds. The lowest BCUT2D eigenvalue weighted by atomic mass is 10.1. The van der Waals surface area contributed by atoms with E-state index in [0.717, 1.165) is 28.2 Å². The van der Waals surface area contributed by atoms with Crippen molar-refractivity contribution < 1.29 is 8.42 Å². The summed E-state index contributed by atoms with van der Waals surface area (Å²) < 4.78 is 27.9. The largest absolute Gasteiger partial charge is 0.352 e. The third kappa shape index (κ3) is 4.21. The minimum Gasteiger partial charge on any atom is -0.352 e. The Hall–Kier alpha value is -3.29. The molecule has 0 bridgehead atoms. The van der Waals surface area contributed by atoms with Crippen LogP contribution in [0, 0.1) is 13.8 Å². The summed E-state index contributed by atoms with van der Waals surface area (Å²) in [6.45, 7) is 5.75. The summed E-state index contributed by atoms with van der Waals surface area (Å²) >= 11 is 0. The number of fused-ring (bicyclic) bond motifs is 1. The van der Waals surface area contributed by atoms with E-state index in [0.29, 0.717) is 31.1 Å². The fraction of sp³-hybridized carbons (Fsp3) is 0.231. The van der Waals surface area contributed by atoms with Gasteiger partial charge in [0.15, 0.2) is 5.82 Å². The van der Waals surface area contributed by atoms with Crippen molar-refractivity contribution in [2.75, 3.05) is 31.1 Å². The van der Waals surface area contributed by atoms with Crippen molar-refractivity contribution >= 4 is 26.6 Å². The first kappa shape index (κ1) is 21.6. The number of hydrogen-bond donors (Lipinski definition) is 0. The van der Waals surface area contributed by atoms with Gasteiger partial charge >= 0.3 is 0 Å². The maximum Gasteiger partial charge on any atom is 0.243 e. The number of sulfonamides is 1. The molecule has 0 N–H and O–H groups in total. The molecule has 33 heavy (non-hydrogen) atoms. The Morgan fingerprint density at radius 2 is 1.52 bits per heavy atom. The number of piperazine rings is 1. The van der Waals surface area contributed by atoms with E-state index in [4.69, 9.17) is 0 Å². The second-order valence-electron chi connectivity index (χ2n) is 8.50. The summed E-state index contributed by atoms with van der Waals surface area (Å²) in [7, 11) is -3.51. The highest BCUT2D eigenvalue weighted by atomic mass is 32.2. The van der Waals surface area contributed by atoms with Crippen LogP contribution in [0.3, 0.4) is 0 Å². The van der Waals surface area contributed by atoms with Gasteiger partial charge in [-0.05, 0) is 60.0 Å². The van der Waals surface area contributed by atoms with E-state index in [2.05, 4.69) is 45.4 Å². The van der Waals surface area contributed by atoms with Gasteiger partial charge in [-0.15, -0.1) is 10.2 Å². The molecule has 1 fully saturated rings. The number of benzene rings is 3. The molecule has 0 atom stereocenters. The van der Waals surface area contributed by atoms with Crippen molar-refractivity contribution in [3.8, 4) is 11.3 Å². The van der Waals surface area contributed by atoms with Crippen LogP contribution < -0.4 is 4.90 Å². The van der Waals surface area contributed by atoms with E-state index in [1.165, 1.54) is 10.8 Å². The number of aryl methyl sites for hydroxylation is 2. The minimum absolute atomic E-state index is 0.399. The van der Waals surface area contributed by atoms with Gasteiger partial charge in [0.1, 0.15) is 0 Å². The standard InChI is InChI=1S/C26H26N4O2S/c1-19-7-8-20(2)25(17-19)33(31,32)30-15-13-29(14-16-30)26-12-11-24(27-28-26)23-10-9-21-5-3-4-6-22(21)18-23/h3-12,17-18H,13-16H2,1-2H3. The van der Waals surface area contributed by atoms with Gasteiger partial charge in [0.05, 0.1) is 10.6 Å². The maximum absolute atomic E-state index is 13.2. The molecule has 1 aliphatic rings. The monoisotopic (exact) mass is 458 g/mol. The molecular weight excluding hydrogens is 432 g/mol. The molecule has 3 aromatic carbocycles. The van der Waals surface area contributed by atoms with Crippen LogP contribution >= 0.6 is 0 Å². The van der Waals surface area contributed by atoms with Gasteiger partial charge in [0, 0.05) is 31.7 Å². The average Bonchev–Trinajstić information content (AvgIpc) is 2.85. The van der Waals surface area contributed by atoms with Gasteiger partial charge in [-0.1, -0.05) is 48.5 Å². The zero-order chi connectivity index (χ0) is 23.0. The van der Waals surface area contributed by atoms with Crippen LogP contribution in [-0.2, 0) is 10.0 Å². The fourth-order valence-electron chi connectivity index (χ4n) is 4.28. The van der Waals surface area contributed by atoms with Crippen molar-refractivity contribution in [1.82, 2.24) is 14.5 Å². The molecule has 6 nitrogen and oxygen atoms in total. The van der Waals surface area contributed by atoms with E-state index in [1.807, 2.05) is 50.2 Å². The number of rotatable bonds is 4. The second kappa shape index (κ2) is 8.57. The second-order valence-corrected chi connectivity index (χ2v) is 10.4. The van der Waals surface area contributed by atoms with Crippen LogP contribution in [0.1, 0.15) is 11.1 Å². The minimum atomic E-state index is -3.51. The summed E-state index contributed by atoms with van der Waals surface area (Å²) in [6, 6.07) is 24.0. The third-order valence-corrected chi connectivity index (χ3v) is 8.26. The van der Waals surface area contributed by atoms with Crippen LogP contribution in [0.2, 0.25) is 0 Å². The van der Waals surface area contributed by atoms with Crippen molar-refractivity contribution in [3.63, 3.8) is 0 Å². The highest BCUT2D eigenvalue weighted by Gasteiger charge is 2.30. The lowest BCUT2D eigenvalue weighted by Crippen LogP contribution is -2.49. The molecular formula is C26H26N4O2S. The highest BCUT2D eigenvalue weighted by molar-refractivity contribution is 7.89. The van der Waals surface area contributed by atoms with Gasteiger partial charge < -0.3 is 4.90 Å². The molecule has 168 valence electrons. The molecule has 0 aliphatic carbocycles. The highest BCUT2D eigenvalue weighted by Crippen LogP contribution is 2.26. The Balaban J connectivity index is 1.29. The van der Waals surface area contributed by atoms with E-state index in [9.17, 15) is 8.42 Å².